The number of hydrogen-bond acceptors (Lipinski definition) is 1. The van der Waals surface area contributed by atoms with Crippen LogP contribution in [-0.2, 0) is 12.5 Å². The van der Waals surface area contributed by atoms with Gasteiger partial charge in [0.1, 0.15) is 0 Å². The molecule has 0 unspecified atom stereocenters. The molecule has 0 fully saturated rings. The maximum atomic E-state index is 6.26. The summed E-state index contributed by atoms with van der Waals surface area (Å²) in [4.78, 5) is 0. The molecule has 0 saturated heterocycles. The zero-order valence-corrected chi connectivity index (χ0v) is 10.3. The predicted octanol–water partition coefficient (Wildman–Crippen LogP) is 3.52. The van der Waals surface area contributed by atoms with Crippen molar-refractivity contribution in [1.82, 2.24) is 9.78 Å². The number of aromatic nitrogens is 2. The number of rotatable bonds is 0. The highest BCUT2D eigenvalue weighted by Gasteiger charge is 2.21. The predicted molar refractivity (Wildman–Crippen MR) is 64.4 cm³/mol. The van der Waals surface area contributed by atoms with E-state index in [1.54, 1.807) is 0 Å². The summed E-state index contributed by atoms with van der Waals surface area (Å²) in [5.74, 6) is 0. The fourth-order valence-corrected chi connectivity index (χ4v) is 2.41. The van der Waals surface area contributed by atoms with Gasteiger partial charge in [0, 0.05) is 17.5 Å². The minimum absolute atomic E-state index is 0.0413. The van der Waals surface area contributed by atoms with Crippen LogP contribution in [-0.4, -0.2) is 9.78 Å². The van der Waals surface area contributed by atoms with E-state index in [2.05, 4.69) is 25.9 Å². The molecule has 3 heteroatoms. The summed E-state index contributed by atoms with van der Waals surface area (Å²) in [7, 11) is 1.95. The summed E-state index contributed by atoms with van der Waals surface area (Å²) >= 11 is 6.26. The van der Waals surface area contributed by atoms with Gasteiger partial charge in [-0.15, -0.1) is 0 Å². The van der Waals surface area contributed by atoms with E-state index in [1.165, 1.54) is 5.56 Å². The molecule has 0 saturated carbocycles. The van der Waals surface area contributed by atoms with Gasteiger partial charge in [0.25, 0.3) is 0 Å². The summed E-state index contributed by atoms with van der Waals surface area (Å²) in [6, 6.07) is 3.96. The summed E-state index contributed by atoms with van der Waals surface area (Å²) in [5, 5.41) is 6.24. The van der Waals surface area contributed by atoms with Crippen LogP contribution in [0.15, 0.2) is 18.3 Å². The molecule has 0 atom stereocenters. The number of fused-ring (bicyclic) bond motifs is 1. The molecule has 80 valence electrons. The SMILES string of the molecule is Cn1ncc2c(C(C)(C)C)c(Cl)ccc21. The summed E-state index contributed by atoms with van der Waals surface area (Å²) < 4.78 is 1.88. The Labute approximate surface area is 94.8 Å². The smallest absolute Gasteiger partial charge is 0.0683 e. The minimum atomic E-state index is 0.0413. The third-order valence-electron chi connectivity index (χ3n) is 2.63. The molecule has 0 bridgehead atoms. The fourth-order valence-electron chi connectivity index (χ4n) is 1.96. The molecule has 0 radical (unpaired) electrons. The third-order valence-corrected chi connectivity index (χ3v) is 2.95. The Morgan fingerprint density at radius 2 is 1.93 bits per heavy atom. The van der Waals surface area contributed by atoms with E-state index in [9.17, 15) is 0 Å². The first-order valence-corrected chi connectivity index (χ1v) is 5.40. The van der Waals surface area contributed by atoms with E-state index in [0.29, 0.717) is 0 Å². The van der Waals surface area contributed by atoms with Crippen molar-refractivity contribution >= 4 is 22.5 Å². The van der Waals surface area contributed by atoms with Crippen molar-refractivity contribution in [3.05, 3.63) is 28.9 Å². The molecule has 0 spiro atoms. The van der Waals surface area contributed by atoms with Gasteiger partial charge in [-0.1, -0.05) is 32.4 Å². The first kappa shape index (κ1) is 10.5. The van der Waals surface area contributed by atoms with Crippen LogP contribution in [0, 0.1) is 0 Å². The molecule has 0 aliphatic heterocycles. The molecule has 0 amide bonds. The largest absolute Gasteiger partial charge is 0.268 e. The molecule has 0 N–H and O–H groups in total. The number of nitrogens with zero attached hydrogens (tertiary/aromatic N) is 2. The van der Waals surface area contributed by atoms with Gasteiger partial charge in [0.15, 0.2) is 0 Å². The van der Waals surface area contributed by atoms with E-state index in [1.807, 2.05) is 30.1 Å². The highest BCUT2D eigenvalue weighted by molar-refractivity contribution is 6.32. The van der Waals surface area contributed by atoms with E-state index in [-0.39, 0.29) is 5.41 Å². The van der Waals surface area contributed by atoms with Crippen LogP contribution in [0.25, 0.3) is 10.9 Å². The lowest BCUT2D eigenvalue weighted by Gasteiger charge is -2.21. The van der Waals surface area contributed by atoms with E-state index in [4.69, 9.17) is 11.6 Å². The standard InChI is InChI=1S/C12H15ClN2/c1-12(2,3)11-8-7-14-15(4)10(8)6-5-9(11)13/h5-7H,1-4H3. The van der Waals surface area contributed by atoms with Gasteiger partial charge < -0.3 is 0 Å². The van der Waals surface area contributed by atoms with Crippen molar-refractivity contribution in [2.45, 2.75) is 26.2 Å². The van der Waals surface area contributed by atoms with E-state index in [0.717, 1.165) is 15.9 Å². The van der Waals surface area contributed by atoms with Crippen LogP contribution >= 0.6 is 11.6 Å². The van der Waals surface area contributed by atoms with Gasteiger partial charge in [-0.2, -0.15) is 5.10 Å². The van der Waals surface area contributed by atoms with E-state index >= 15 is 0 Å². The van der Waals surface area contributed by atoms with Gasteiger partial charge in [0.2, 0.25) is 0 Å². The molecule has 2 aromatic rings. The van der Waals surface area contributed by atoms with Crippen LogP contribution in [0.2, 0.25) is 5.02 Å². The average Bonchev–Trinajstić information content (AvgIpc) is 2.45. The van der Waals surface area contributed by atoms with Crippen LogP contribution in [0.5, 0.6) is 0 Å². The highest BCUT2D eigenvalue weighted by Crippen LogP contribution is 2.35. The molecular formula is C12H15ClN2. The van der Waals surface area contributed by atoms with Crippen molar-refractivity contribution < 1.29 is 0 Å². The van der Waals surface area contributed by atoms with Crippen molar-refractivity contribution in [2.75, 3.05) is 0 Å². The molecule has 1 aromatic heterocycles. The van der Waals surface area contributed by atoms with Crippen LogP contribution in [0.1, 0.15) is 26.3 Å². The molecule has 15 heavy (non-hydrogen) atoms. The lowest BCUT2D eigenvalue weighted by molar-refractivity contribution is 0.596. The number of aryl methyl sites for hydroxylation is 1. The number of hydrogen-bond donors (Lipinski definition) is 0. The van der Waals surface area contributed by atoms with Crippen LogP contribution in [0.3, 0.4) is 0 Å². The second-order valence-corrected chi connectivity index (χ2v) is 5.28. The molecule has 1 aromatic carbocycles. The van der Waals surface area contributed by atoms with Crippen molar-refractivity contribution in [2.24, 2.45) is 7.05 Å². The second kappa shape index (κ2) is 3.24. The topological polar surface area (TPSA) is 17.8 Å². The molecule has 1 heterocycles. The van der Waals surface area contributed by atoms with Gasteiger partial charge in [-0.05, 0) is 23.1 Å². The van der Waals surface area contributed by atoms with E-state index < -0.39 is 0 Å². The Bertz CT molecular complexity index is 506. The fraction of sp³-hybridized carbons (Fsp3) is 0.417. The normalized spacial score (nSPS) is 12.3. The quantitative estimate of drug-likeness (QED) is 0.667. The molecule has 2 nitrogen and oxygen atoms in total. The zero-order chi connectivity index (χ0) is 11.2. The minimum Gasteiger partial charge on any atom is -0.268 e. The summed E-state index contributed by atoms with van der Waals surface area (Å²) in [6.45, 7) is 6.50. The lowest BCUT2D eigenvalue weighted by atomic mass is 9.85. The Morgan fingerprint density at radius 1 is 1.27 bits per heavy atom. The number of benzene rings is 1. The van der Waals surface area contributed by atoms with Gasteiger partial charge in [0.05, 0.1) is 11.7 Å². The molecule has 2 rings (SSSR count). The Morgan fingerprint density at radius 3 is 2.53 bits per heavy atom. The third kappa shape index (κ3) is 1.63. The van der Waals surface area contributed by atoms with Crippen LogP contribution in [0.4, 0.5) is 0 Å². The lowest BCUT2D eigenvalue weighted by Crippen LogP contribution is -2.12. The van der Waals surface area contributed by atoms with Gasteiger partial charge >= 0.3 is 0 Å². The Balaban J connectivity index is 2.87. The highest BCUT2D eigenvalue weighted by atomic mass is 35.5. The zero-order valence-electron chi connectivity index (χ0n) is 9.50. The first-order valence-electron chi connectivity index (χ1n) is 5.02. The Hall–Kier alpha value is -1.02. The Kier molecular flexibility index (Phi) is 2.27. The maximum Gasteiger partial charge on any atom is 0.0683 e. The monoisotopic (exact) mass is 222 g/mol. The van der Waals surface area contributed by atoms with Crippen LogP contribution < -0.4 is 0 Å². The number of halogens is 1. The molecule has 0 aliphatic rings. The van der Waals surface area contributed by atoms with Gasteiger partial charge in [-0.3, -0.25) is 4.68 Å². The van der Waals surface area contributed by atoms with Crippen molar-refractivity contribution in [3.8, 4) is 0 Å². The summed E-state index contributed by atoms with van der Waals surface area (Å²) in [6.07, 6.45) is 1.89. The van der Waals surface area contributed by atoms with Crippen molar-refractivity contribution in [1.29, 1.82) is 0 Å². The van der Waals surface area contributed by atoms with Gasteiger partial charge in [-0.25, -0.2) is 0 Å². The van der Waals surface area contributed by atoms with Crippen molar-refractivity contribution in [3.63, 3.8) is 0 Å². The molecule has 0 aliphatic carbocycles. The average molecular weight is 223 g/mol. The summed E-state index contributed by atoms with van der Waals surface area (Å²) in [5.41, 5.74) is 2.35. The first-order chi connectivity index (χ1) is 6.91. The second-order valence-electron chi connectivity index (χ2n) is 4.87. The molecular weight excluding hydrogens is 208 g/mol. The maximum absolute atomic E-state index is 6.26.